The molecule has 0 spiro atoms. The Balaban J connectivity index is 4.63. The van der Waals surface area contributed by atoms with Crippen LogP contribution in [-0.2, 0) is 28.6 Å². The van der Waals surface area contributed by atoms with Crippen LogP contribution in [0.1, 0.15) is 110 Å². The van der Waals surface area contributed by atoms with Crippen LogP contribution in [0.25, 0.3) is 0 Å². The molecule has 242 valence electrons. The van der Waals surface area contributed by atoms with E-state index < -0.39 is 24.1 Å². The summed E-state index contributed by atoms with van der Waals surface area (Å²) in [5.41, 5.74) is 0. The Hall–Kier alpha value is -2.45. The zero-order valence-electron chi connectivity index (χ0n) is 27.2. The molecule has 0 aromatic rings. The highest BCUT2D eigenvalue weighted by atomic mass is 16.6. The first kappa shape index (κ1) is 39.5. The summed E-state index contributed by atoms with van der Waals surface area (Å²) in [6, 6.07) is -0.734. The molecule has 0 aliphatic rings. The predicted molar refractivity (Wildman–Crippen MR) is 167 cm³/mol. The van der Waals surface area contributed by atoms with E-state index in [-0.39, 0.29) is 43.1 Å². The number of aliphatic carboxylic acids is 1. The van der Waals surface area contributed by atoms with E-state index in [1.165, 1.54) is 38.5 Å². The molecule has 0 radical (unpaired) electrons. The summed E-state index contributed by atoms with van der Waals surface area (Å²) in [4.78, 5) is 36.2. The summed E-state index contributed by atoms with van der Waals surface area (Å²) in [6.07, 6.45) is 25.0. The number of carbonyl (C=O) groups is 3. The Kier molecular flexibility index (Phi) is 24.7. The maximum Gasteiger partial charge on any atom is 0.310 e. The van der Waals surface area contributed by atoms with Crippen molar-refractivity contribution in [3.63, 3.8) is 0 Å². The fraction of sp³-hybridized carbons (Fsp3) is 0.735. The molecule has 2 atom stereocenters. The average Bonchev–Trinajstić information content (AvgIpc) is 2.92. The monoisotopic (exact) mass is 593 g/mol. The van der Waals surface area contributed by atoms with Gasteiger partial charge in [-0.15, -0.1) is 0 Å². The number of quaternary nitrogens is 1. The van der Waals surface area contributed by atoms with Crippen molar-refractivity contribution in [2.24, 2.45) is 0 Å². The van der Waals surface area contributed by atoms with Crippen molar-refractivity contribution in [3.05, 3.63) is 36.5 Å². The molecule has 0 heterocycles. The summed E-state index contributed by atoms with van der Waals surface area (Å²) < 4.78 is 16.8. The summed E-state index contributed by atoms with van der Waals surface area (Å²) in [7, 11) is 5.35. The number of carboxylic acid groups (broad SMARTS) is 1. The van der Waals surface area contributed by atoms with E-state index >= 15 is 0 Å². The van der Waals surface area contributed by atoms with E-state index in [9.17, 15) is 19.5 Å². The van der Waals surface area contributed by atoms with E-state index in [1.807, 2.05) is 12.2 Å². The third-order valence-electron chi connectivity index (χ3n) is 6.82. The number of esters is 2. The van der Waals surface area contributed by atoms with Crippen molar-refractivity contribution < 1.29 is 38.2 Å². The zero-order valence-corrected chi connectivity index (χ0v) is 27.2. The van der Waals surface area contributed by atoms with Gasteiger partial charge in [0, 0.05) is 12.8 Å². The molecule has 8 heteroatoms. The number of hydrogen-bond donors (Lipinski definition) is 0. The fourth-order valence-corrected chi connectivity index (χ4v) is 4.31. The van der Waals surface area contributed by atoms with Crippen LogP contribution in [0.3, 0.4) is 0 Å². The molecule has 8 nitrogen and oxygen atoms in total. The molecule has 0 aromatic heterocycles. The van der Waals surface area contributed by atoms with E-state index in [0.717, 1.165) is 38.5 Å². The lowest BCUT2D eigenvalue weighted by atomic mass is 10.1. The van der Waals surface area contributed by atoms with Crippen LogP contribution in [-0.4, -0.2) is 75.5 Å². The molecule has 0 bridgehead atoms. The number of allylic oxidation sites excluding steroid dienone is 5. The van der Waals surface area contributed by atoms with E-state index in [2.05, 4.69) is 32.1 Å². The molecule has 0 saturated heterocycles. The number of carbonyl (C=O) groups excluding carboxylic acids is 3. The Bertz CT molecular complexity index is 798. The molecule has 0 rings (SSSR count). The number of nitrogens with zero attached hydrogens (tertiary/aromatic N) is 1. The number of ether oxygens (including phenoxy) is 3. The van der Waals surface area contributed by atoms with Crippen LogP contribution in [0.15, 0.2) is 36.5 Å². The Morgan fingerprint density at radius 1 is 0.738 bits per heavy atom. The highest BCUT2D eigenvalue weighted by Gasteiger charge is 2.25. The summed E-state index contributed by atoms with van der Waals surface area (Å²) in [6.45, 7) is 4.37. The van der Waals surface area contributed by atoms with Gasteiger partial charge >= 0.3 is 11.9 Å². The molecule has 0 amide bonds. The summed E-state index contributed by atoms with van der Waals surface area (Å²) in [5, 5.41) is 11.5. The van der Waals surface area contributed by atoms with Crippen LogP contribution >= 0.6 is 0 Å². The third kappa shape index (κ3) is 24.2. The van der Waals surface area contributed by atoms with Gasteiger partial charge in [-0.1, -0.05) is 102 Å². The molecular weight excluding hydrogens is 534 g/mol. The van der Waals surface area contributed by atoms with Crippen LogP contribution in [0, 0.1) is 0 Å². The van der Waals surface area contributed by atoms with Crippen molar-refractivity contribution in [1.82, 2.24) is 0 Å². The SMILES string of the molecule is CC/C=C/C/C=C/C/C=C/CC(=O)OC(COCCC(C(=O)[O-])[N+](C)(C)C)COC(=O)CCCCCCCCCCC. The molecule has 2 unspecified atom stereocenters. The number of unbranched alkanes of at least 4 members (excludes halogenated alkanes) is 8. The van der Waals surface area contributed by atoms with Gasteiger partial charge in [0.1, 0.15) is 12.6 Å². The quantitative estimate of drug-likeness (QED) is 0.0510. The van der Waals surface area contributed by atoms with E-state index in [4.69, 9.17) is 14.2 Å². The second kappa shape index (κ2) is 26.2. The first-order valence-electron chi connectivity index (χ1n) is 16.0. The lowest BCUT2D eigenvalue weighted by Crippen LogP contribution is -2.55. The van der Waals surface area contributed by atoms with Gasteiger partial charge < -0.3 is 28.6 Å². The number of hydrogen-bond acceptors (Lipinski definition) is 7. The van der Waals surface area contributed by atoms with Gasteiger partial charge in [-0.2, -0.15) is 0 Å². The van der Waals surface area contributed by atoms with Crippen LogP contribution in [0.2, 0.25) is 0 Å². The van der Waals surface area contributed by atoms with Crippen molar-refractivity contribution >= 4 is 17.9 Å². The summed E-state index contributed by atoms with van der Waals surface area (Å²) >= 11 is 0. The first-order valence-corrected chi connectivity index (χ1v) is 16.0. The fourth-order valence-electron chi connectivity index (χ4n) is 4.31. The van der Waals surface area contributed by atoms with Gasteiger partial charge in [0.25, 0.3) is 0 Å². The van der Waals surface area contributed by atoms with E-state index in [0.29, 0.717) is 6.42 Å². The molecular formula is C34H59NO7. The zero-order chi connectivity index (χ0) is 31.5. The van der Waals surface area contributed by atoms with Gasteiger partial charge in [0.05, 0.1) is 46.7 Å². The molecule has 0 fully saturated rings. The van der Waals surface area contributed by atoms with Crippen LogP contribution in [0.5, 0.6) is 0 Å². The molecule has 0 aliphatic heterocycles. The highest BCUT2D eigenvalue weighted by Crippen LogP contribution is 2.12. The Morgan fingerprint density at radius 3 is 1.88 bits per heavy atom. The van der Waals surface area contributed by atoms with Crippen molar-refractivity contribution in [3.8, 4) is 0 Å². The lowest BCUT2D eigenvalue weighted by Gasteiger charge is -2.34. The van der Waals surface area contributed by atoms with Gasteiger partial charge in [-0.25, -0.2) is 0 Å². The third-order valence-corrected chi connectivity index (χ3v) is 6.82. The molecule has 0 aliphatic carbocycles. The molecule has 0 saturated carbocycles. The number of rotatable bonds is 27. The minimum atomic E-state index is -1.14. The van der Waals surface area contributed by atoms with Gasteiger partial charge in [0.2, 0.25) is 0 Å². The van der Waals surface area contributed by atoms with E-state index in [1.54, 1.807) is 27.2 Å². The minimum Gasteiger partial charge on any atom is -0.544 e. The Morgan fingerprint density at radius 2 is 1.31 bits per heavy atom. The smallest absolute Gasteiger partial charge is 0.310 e. The molecule has 0 N–H and O–H groups in total. The summed E-state index contributed by atoms with van der Waals surface area (Å²) in [5.74, 6) is -1.90. The maximum atomic E-state index is 12.4. The van der Waals surface area contributed by atoms with Gasteiger partial charge in [0.15, 0.2) is 6.10 Å². The van der Waals surface area contributed by atoms with Gasteiger partial charge in [-0.05, 0) is 25.7 Å². The standard InChI is InChI=1S/C34H59NO7/c1-6-8-10-12-14-16-18-20-22-24-32(36)41-29-30(28-40-27-26-31(34(38)39)35(3,4)5)42-33(37)25-23-21-19-17-15-13-11-9-7-2/h9,11,15,17,21,23,30-31H,6-8,10,12-14,16,18-20,22,24-29H2,1-5H3/b11-9+,17-15+,23-21+. The van der Waals surface area contributed by atoms with Crippen molar-refractivity contribution in [1.29, 1.82) is 0 Å². The van der Waals surface area contributed by atoms with Crippen LogP contribution in [0.4, 0.5) is 0 Å². The topological polar surface area (TPSA) is 102 Å². The molecule has 42 heavy (non-hydrogen) atoms. The largest absolute Gasteiger partial charge is 0.544 e. The highest BCUT2D eigenvalue weighted by molar-refractivity contribution is 5.71. The normalized spacial score (nSPS) is 13.6. The number of likely N-dealkylation sites (N-methyl/N-ethyl adjacent to an activating group) is 1. The predicted octanol–water partition coefficient (Wildman–Crippen LogP) is 5.84. The maximum absolute atomic E-state index is 12.4. The number of carboxylic acids is 1. The van der Waals surface area contributed by atoms with Gasteiger partial charge in [-0.3, -0.25) is 9.59 Å². The first-order chi connectivity index (χ1) is 20.1. The average molecular weight is 594 g/mol. The minimum absolute atomic E-state index is 0.00565. The molecule has 0 aromatic carbocycles. The second-order valence-electron chi connectivity index (χ2n) is 11.7. The van der Waals surface area contributed by atoms with Crippen molar-refractivity contribution in [2.45, 2.75) is 122 Å². The van der Waals surface area contributed by atoms with Crippen LogP contribution < -0.4 is 5.11 Å². The lowest BCUT2D eigenvalue weighted by molar-refractivity contribution is -0.889. The Labute approximate surface area is 255 Å². The van der Waals surface area contributed by atoms with Crippen molar-refractivity contribution in [2.75, 3.05) is 41.0 Å². The second-order valence-corrected chi connectivity index (χ2v) is 11.7.